The van der Waals surface area contributed by atoms with E-state index in [1.165, 1.54) is 6.20 Å². The summed E-state index contributed by atoms with van der Waals surface area (Å²) in [6.45, 7) is 2.58. The Morgan fingerprint density at radius 2 is 2.00 bits per heavy atom. The number of carbonyl (C=O) groups is 1. The molecular weight excluding hydrogens is 326 g/mol. The van der Waals surface area contributed by atoms with E-state index in [9.17, 15) is 4.79 Å². The van der Waals surface area contributed by atoms with Crippen LogP contribution in [0.5, 0.6) is 0 Å². The van der Waals surface area contributed by atoms with E-state index in [0.717, 1.165) is 10.6 Å². The van der Waals surface area contributed by atoms with Crippen molar-refractivity contribution in [2.24, 2.45) is 0 Å². The lowest BCUT2D eigenvalue weighted by molar-refractivity contribution is 0.0704. The largest absolute Gasteiger partial charge is 0.351 e. The molecule has 0 saturated carbocycles. The second-order valence-electron chi connectivity index (χ2n) is 5.38. The predicted molar refractivity (Wildman–Crippen MR) is 90.0 cm³/mol. The Balaban J connectivity index is 1.44. The number of hydrogen-bond acceptors (Lipinski definition) is 7. The van der Waals surface area contributed by atoms with Crippen molar-refractivity contribution >= 4 is 23.2 Å². The molecule has 3 aromatic heterocycles. The monoisotopic (exact) mass is 341 g/mol. The summed E-state index contributed by atoms with van der Waals surface area (Å²) in [6.07, 6.45) is 3.26. The maximum atomic E-state index is 12.3. The van der Waals surface area contributed by atoms with Crippen molar-refractivity contribution in [3.63, 3.8) is 0 Å². The normalized spacial score (nSPS) is 14.8. The zero-order valence-electron chi connectivity index (χ0n) is 12.8. The summed E-state index contributed by atoms with van der Waals surface area (Å²) in [5.74, 6) is 0.854. The van der Waals surface area contributed by atoms with Crippen LogP contribution in [0.1, 0.15) is 10.6 Å². The SMILES string of the molecule is O=C(c1ccno1)N1CCN(c2nccc(-c3cccs3)n2)CC1. The minimum Gasteiger partial charge on any atom is -0.351 e. The van der Waals surface area contributed by atoms with Crippen LogP contribution in [0.25, 0.3) is 10.6 Å². The molecule has 0 unspecified atom stereocenters. The number of anilines is 1. The molecule has 0 radical (unpaired) electrons. The van der Waals surface area contributed by atoms with Gasteiger partial charge in [-0.15, -0.1) is 11.3 Å². The zero-order valence-corrected chi connectivity index (χ0v) is 13.6. The molecule has 1 aliphatic rings. The fourth-order valence-electron chi connectivity index (χ4n) is 2.65. The first-order valence-electron chi connectivity index (χ1n) is 7.63. The summed E-state index contributed by atoms with van der Waals surface area (Å²) in [5.41, 5.74) is 0.926. The van der Waals surface area contributed by atoms with Gasteiger partial charge in [0.2, 0.25) is 11.7 Å². The van der Waals surface area contributed by atoms with E-state index in [4.69, 9.17) is 4.52 Å². The summed E-state index contributed by atoms with van der Waals surface area (Å²) < 4.78 is 4.94. The summed E-state index contributed by atoms with van der Waals surface area (Å²) >= 11 is 1.66. The molecular formula is C16H15N5O2S. The molecule has 1 saturated heterocycles. The highest BCUT2D eigenvalue weighted by atomic mass is 32.1. The van der Waals surface area contributed by atoms with Gasteiger partial charge in [-0.1, -0.05) is 11.2 Å². The second-order valence-corrected chi connectivity index (χ2v) is 6.32. The average Bonchev–Trinajstić information content (AvgIpc) is 3.35. The van der Waals surface area contributed by atoms with Gasteiger partial charge in [0, 0.05) is 38.4 Å². The van der Waals surface area contributed by atoms with E-state index in [1.807, 2.05) is 23.6 Å². The summed E-state index contributed by atoms with van der Waals surface area (Å²) in [5, 5.41) is 5.62. The number of aromatic nitrogens is 3. The third-order valence-electron chi connectivity index (χ3n) is 3.91. The minimum atomic E-state index is -0.125. The van der Waals surface area contributed by atoms with E-state index >= 15 is 0 Å². The highest BCUT2D eigenvalue weighted by Gasteiger charge is 2.25. The molecule has 1 amide bonds. The molecule has 0 bridgehead atoms. The highest BCUT2D eigenvalue weighted by Crippen LogP contribution is 2.24. The molecule has 1 aliphatic heterocycles. The Hall–Kier alpha value is -2.74. The zero-order chi connectivity index (χ0) is 16.4. The van der Waals surface area contributed by atoms with Gasteiger partial charge in [0.05, 0.1) is 16.8 Å². The van der Waals surface area contributed by atoms with Crippen LogP contribution in [0.15, 0.2) is 46.6 Å². The Morgan fingerprint density at radius 1 is 1.12 bits per heavy atom. The van der Waals surface area contributed by atoms with Crippen molar-refractivity contribution < 1.29 is 9.32 Å². The summed E-state index contributed by atoms with van der Waals surface area (Å²) in [7, 11) is 0. The Kier molecular flexibility index (Phi) is 3.96. The van der Waals surface area contributed by atoms with Crippen molar-refractivity contribution in [3.8, 4) is 10.6 Å². The standard InChI is InChI=1S/C16H15N5O2S/c22-15(13-4-6-18-23-13)20-7-9-21(10-8-20)16-17-5-3-12(19-16)14-2-1-11-24-14/h1-6,11H,7-10H2. The quantitative estimate of drug-likeness (QED) is 0.727. The smallest absolute Gasteiger partial charge is 0.292 e. The van der Waals surface area contributed by atoms with Gasteiger partial charge >= 0.3 is 0 Å². The number of thiophene rings is 1. The van der Waals surface area contributed by atoms with Crippen molar-refractivity contribution in [3.05, 3.63) is 47.8 Å². The van der Waals surface area contributed by atoms with E-state index in [1.54, 1.807) is 28.5 Å². The molecule has 24 heavy (non-hydrogen) atoms. The number of piperazine rings is 1. The highest BCUT2D eigenvalue weighted by molar-refractivity contribution is 7.13. The lowest BCUT2D eigenvalue weighted by atomic mass is 10.3. The molecule has 0 N–H and O–H groups in total. The lowest BCUT2D eigenvalue weighted by Crippen LogP contribution is -2.49. The van der Waals surface area contributed by atoms with Gasteiger partial charge in [-0.25, -0.2) is 9.97 Å². The predicted octanol–water partition coefficient (Wildman–Crippen LogP) is 2.16. The Labute approximate surface area is 142 Å². The van der Waals surface area contributed by atoms with E-state index in [0.29, 0.717) is 32.1 Å². The third kappa shape index (κ3) is 2.88. The molecule has 3 aromatic rings. The lowest BCUT2D eigenvalue weighted by Gasteiger charge is -2.34. The van der Waals surface area contributed by atoms with Gasteiger partial charge < -0.3 is 14.3 Å². The van der Waals surface area contributed by atoms with Gasteiger partial charge in [-0.2, -0.15) is 0 Å². The molecule has 0 aliphatic carbocycles. The summed E-state index contributed by atoms with van der Waals surface area (Å²) in [6, 6.07) is 7.56. The van der Waals surface area contributed by atoms with Crippen LogP contribution in [-0.4, -0.2) is 52.1 Å². The maximum absolute atomic E-state index is 12.3. The molecule has 0 spiro atoms. The van der Waals surface area contributed by atoms with Crippen molar-refractivity contribution in [1.82, 2.24) is 20.0 Å². The first kappa shape index (κ1) is 14.8. The third-order valence-corrected chi connectivity index (χ3v) is 4.81. The van der Waals surface area contributed by atoms with Crippen LogP contribution in [0, 0.1) is 0 Å². The number of nitrogens with zero attached hydrogens (tertiary/aromatic N) is 5. The fourth-order valence-corrected chi connectivity index (χ4v) is 3.35. The molecule has 4 rings (SSSR count). The summed E-state index contributed by atoms with van der Waals surface area (Å²) in [4.78, 5) is 26.3. The molecule has 0 atom stereocenters. The first-order valence-corrected chi connectivity index (χ1v) is 8.51. The molecule has 0 aromatic carbocycles. The van der Waals surface area contributed by atoms with Crippen molar-refractivity contribution in [1.29, 1.82) is 0 Å². The van der Waals surface area contributed by atoms with Gasteiger partial charge in [-0.3, -0.25) is 4.79 Å². The number of carbonyl (C=O) groups excluding carboxylic acids is 1. The van der Waals surface area contributed by atoms with E-state index in [-0.39, 0.29) is 11.7 Å². The molecule has 8 heteroatoms. The molecule has 1 fully saturated rings. The molecule has 122 valence electrons. The first-order chi connectivity index (χ1) is 11.8. The van der Waals surface area contributed by atoms with E-state index < -0.39 is 0 Å². The van der Waals surface area contributed by atoms with Crippen molar-refractivity contribution in [2.75, 3.05) is 31.1 Å². The minimum absolute atomic E-state index is 0.125. The van der Waals surface area contributed by atoms with Crippen LogP contribution >= 0.6 is 11.3 Å². The van der Waals surface area contributed by atoms with Crippen LogP contribution in [0.4, 0.5) is 5.95 Å². The van der Waals surface area contributed by atoms with Crippen LogP contribution in [-0.2, 0) is 0 Å². The van der Waals surface area contributed by atoms with E-state index in [2.05, 4.69) is 20.0 Å². The fraction of sp³-hybridized carbons (Fsp3) is 0.250. The second kappa shape index (κ2) is 6.40. The molecule has 4 heterocycles. The van der Waals surface area contributed by atoms with Gasteiger partial charge in [-0.05, 0) is 17.5 Å². The van der Waals surface area contributed by atoms with Crippen LogP contribution < -0.4 is 4.90 Å². The van der Waals surface area contributed by atoms with Gasteiger partial charge in [0.15, 0.2) is 0 Å². The van der Waals surface area contributed by atoms with Gasteiger partial charge in [0.25, 0.3) is 5.91 Å². The average molecular weight is 341 g/mol. The Morgan fingerprint density at radius 3 is 2.71 bits per heavy atom. The number of rotatable bonds is 3. The number of hydrogen-bond donors (Lipinski definition) is 0. The van der Waals surface area contributed by atoms with Crippen molar-refractivity contribution in [2.45, 2.75) is 0 Å². The van der Waals surface area contributed by atoms with Gasteiger partial charge in [0.1, 0.15) is 0 Å². The molecule has 7 nitrogen and oxygen atoms in total. The Bertz CT molecular complexity index is 811. The van der Waals surface area contributed by atoms with Crippen LogP contribution in [0.3, 0.4) is 0 Å². The topological polar surface area (TPSA) is 75.4 Å². The van der Waals surface area contributed by atoms with Crippen LogP contribution in [0.2, 0.25) is 0 Å². The maximum Gasteiger partial charge on any atom is 0.292 e. The number of amides is 1.